The Bertz CT molecular complexity index is 1630. The minimum atomic E-state index is -1.46. The zero-order valence-electron chi connectivity index (χ0n) is 28.8. The second-order valence-corrected chi connectivity index (χ2v) is 14.7. The molecule has 6 rings (SSSR count). The molecule has 8 atom stereocenters. The molecule has 266 valence electrons. The fourth-order valence-electron chi connectivity index (χ4n) is 7.97. The van der Waals surface area contributed by atoms with E-state index in [9.17, 15) is 24.3 Å². The lowest BCUT2D eigenvalue weighted by Gasteiger charge is -2.38. The lowest BCUT2D eigenvalue weighted by Crippen LogP contribution is -2.59. The normalized spacial score (nSPS) is 31.5. The number of carbonyl (C=O) groups is 4. The Labute approximate surface area is 302 Å². The predicted molar refractivity (Wildman–Crippen MR) is 191 cm³/mol. The molecule has 4 heterocycles. The maximum Gasteiger partial charge on any atom is 0.313 e. The van der Waals surface area contributed by atoms with Gasteiger partial charge in [-0.25, -0.2) is 0 Å². The highest BCUT2D eigenvalue weighted by Gasteiger charge is 2.75. The van der Waals surface area contributed by atoms with Crippen LogP contribution in [0.25, 0.3) is 0 Å². The molecule has 2 fully saturated rings. The van der Waals surface area contributed by atoms with Crippen molar-refractivity contribution in [3.05, 3.63) is 94.5 Å². The van der Waals surface area contributed by atoms with Crippen molar-refractivity contribution >= 4 is 39.6 Å². The van der Waals surface area contributed by atoms with Gasteiger partial charge in [0.1, 0.15) is 29.8 Å². The summed E-state index contributed by atoms with van der Waals surface area (Å²) >= 11 is 3.63. The Morgan fingerprint density at radius 2 is 1.68 bits per heavy atom. The zero-order chi connectivity index (χ0) is 35.6. The molecule has 0 unspecified atom stereocenters. The lowest BCUT2D eigenvalue weighted by atomic mass is 9.74. The molecular weight excluding hydrogens is 702 g/mol. The van der Waals surface area contributed by atoms with Gasteiger partial charge in [0.05, 0.1) is 24.6 Å². The number of hydrogen-bond donors (Lipinski definition) is 1. The maximum atomic E-state index is 14.9. The number of fused-ring (bicyclic) bond motifs is 2. The van der Waals surface area contributed by atoms with Crippen LogP contribution in [0.4, 0.5) is 0 Å². The fourth-order valence-corrected chi connectivity index (χ4v) is 8.71. The van der Waals surface area contributed by atoms with E-state index in [0.717, 1.165) is 18.4 Å². The first-order valence-electron chi connectivity index (χ1n) is 17.6. The average molecular weight is 749 g/mol. The van der Waals surface area contributed by atoms with Crippen LogP contribution in [0.5, 0.6) is 0 Å². The van der Waals surface area contributed by atoms with E-state index >= 15 is 0 Å². The third-order valence-electron chi connectivity index (χ3n) is 10.7. The van der Waals surface area contributed by atoms with Crippen molar-refractivity contribution < 1.29 is 33.8 Å². The number of nitrogens with zero attached hydrogens (tertiary/aromatic N) is 3. The second-order valence-electron chi connectivity index (χ2n) is 13.8. The zero-order valence-corrected chi connectivity index (χ0v) is 30.4. The van der Waals surface area contributed by atoms with E-state index in [1.807, 2.05) is 86.7 Å². The van der Waals surface area contributed by atoms with Gasteiger partial charge < -0.3 is 29.3 Å². The number of amides is 3. The third-order valence-corrected chi connectivity index (χ3v) is 11.4. The highest BCUT2D eigenvalue weighted by molar-refractivity contribution is 9.11. The molecule has 10 nitrogen and oxygen atoms in total. The van der Waals surface area contributed by atoms with Crippen LogP contribution in [0.15, 0.2) is 83.4 Å². The molecule has 2 aromatic rings. The second kappa shape index (κ2) is 15.2. The van der Waals surface area contributed by atoms with Gasteiger partial charge in [0, 0.05) is 31.0 Å². The van der Waals surface area contributed by atoms with Crippen LogP contribution in [0.2, 0.25) is 0 Å². The third kappa shape index (κ3) is 6.55. The summed E-state index contributed by atoms with van der Waals surface area (Å²) in [5.74, 6) is -3.63. The van der Waals surface area contributed by atoms with Crippen molar-refractivity contribution in [3.63, 3.8) is 0 Å². The summed E-state index contributed by atoms with van der Waals surface area (Å²) in [5.41, 5.74) is 0.145. The monoisotopic (exact) mass is 747 g/mol. The summed E-state index contributed by atoms with van der Waals surface area (Å²) in [6, 6.07) is 16.4. The van der Waals surface area contributed by atoms with Crippen molar-refractivity contribution in [1.29, 1.82) is 0 Å². The topological polar surface area (TPSA) is 117 Å². The summed E-state index contributed by atoms with van der Waals surface area (Å²) < 4.78 is 13.6. The number of likely N-dealkylation sites (tertiary alicyclic amines) is 1. The van der Waals surface area contributed by atoms with E-state index in [1.54, 1.807) is 22.9 Å². The van der Waals surface area contributed by atoms with Crippen LogP contribution >= 0.6 is 15.9 Å². The van der Waals surface area contributed by atoms with Gasteiger partial charge >= 0.3 is 5.97 Å². The number of halogens is 1. The summed E-state index contributed by atoms with van der Waals surface area (Å²) in [6.45, 7) is 4.22. The van der Waals surface area contributed by atoms with Gasteiger partial charge in [0.2, 0.25) is 17.7 Å². The van der Waals surface area contributed by atoms with E-state index in [-0.39, 0.29) is 31.4 Å². The number of carbonyl (C=O) groups excluding carboxylic acids is 4. The molecule has 0 aliphatic carbocycles. The first kappa shape index (κ1) is 36.0. The fraction of sp³-hybridized carbons (Fsp3) is 0.487. The molecule has 2 saturated heterocycles. The largest absolute Gasteiger partial charge is 0.455 e. The van der Waals surface area contributed by atoms with Crippen LogP contribution in [-0.2, 0) is 35.1 Å². The Morgan fingerprint density at radius 3 is 2.36 bits per heavy atom. The number of likely N-dealkylation sites (N-methyl/N-ethyl adjacent to an activating group) is 1. The molecule has 1 N–H and O–H groups in total. The maximum absolute atomic E-state index is 14.9. The number of rotatable bonds is 8. The standard InChI is InChI=1S/C39H46BrN3O7/c1-4-5-20-42-21-14-8-13-19-30(45)41(3)25(2)33(27-17-11-7-12-18-27)49-38(48)31-32-36(46)43(28(24-44)22-26-15-9-6-10-16-26)35(37(42)47)39(32)23-29(40)34(31)50-39/h6-12,14-18,23,25,28,31-35,44H,4-5,13,19-22,24H2,1-3H3/b14-8-/t25-,28+,31+,32-,33+,34+,35+,39-/m0/s1. The number of ether oxygens (including phenoxy) is 2. The summed E-state index contributed by atoms with van der Waals surface area (Å²) in [6.07, 6.45) is 6.52. The number of hydrogen-bond acceptors (Lipinski definition) is 7. The smallest absolute Gasteiger partial charge is 0.313 e. The molecule has 4 aliphatic rings. The summed E-state index contributed by atoms with van der Waals surface area (Å²) in [7, 11) is 1.71. The number of benzene rings is 2. The predicted octanol–water partition coefficient (Wildman–Crippen LogP) is 4.57. The van der Waals surface area contributed by atoms with Gasteiger partial charge in [-0.05, 0) is 43.4 Å². The first-order valence-corrected chi connectivity index (χ1v) is 18.4. The Kier molecular flexibility index (Phi) is 11.0. The van der Waals surface area contributed by atoms with Gasteiger partial charge in [-0.1, -0.05) is 102 Å². The Hall–Kier alpha value is -3.80. The minimum absolute atomic E-state index is 0.103. The van der Waals surface area contributed by atoms with Gasteiger partial charge in [0.25, 0.3) is 0 Å². The SMILES string of the molecule is CCCCN1C/C=C\CCC(=O)N(C)[C@@H](C)[C@H](c2ccccc2)OC(=O)[C@H]2[C@@H]3O[C@@]4(C=C3Br)[C@@H]2C(=O)N([C@@H](CO)Cc2ccccc2)[C@@H]4C1=O. The van der Waals surface area contributed by atoms with Crippen molar-refractivity contribution in [2.24, 2.45) is 11.8 Å². The molecule has 0 saturated carbocycles. The average Bonchev–Trinajstić information content (AvgIpc) is 3.73. The molecule has 3 amide bonds. The number of esters is 1. The minimum Gasteiger partial charge on any atom is -0.455 e. The van der Waals surface area contributed by atoms with Gasteiger partial charge in [-0.15, -0.1) is 0 Å². The first-order chi connectivity index (χ1) is 24.1. The van der Waals surface area contributed by atoms with E-state index in [4.69, 9.17) is 9.47 Å². The van der Waals surface area contributed by atoms with Crippen LogP contribution in [0.1, 0.15) is 56.8 Å². The van der Waals surface area contributed by atoms with Gasteiger partial charge in [-0.3, -0.25) is 19.2 Å². The van der Waals surface area contributed by atoms with Crippen molar-refractivity contribution in [2.75, 3.05) is 26.7 Å². The molecule has 50 heavy (non-hydrogen) atoms. The number of allylic oxidation sites excluding steroid dienone is 1. The molecule has 5 bridgehead atoms. The summed E-state index contributed by atoms with van der Waals surface area (Å²) in [5, 5.41) is 10.8. The number of cyclic esters (lactones) is 1. The highest BCUT2D eigenvalue weighted by atomic mass is 79.9. The van der Waals surface area contributed by atoms with Crippen molar-refractivity contribution in [3.8, 4) is 0 Å². The quantitative estimate of drug-likeness (QED) is 0.311. The lowest BCUT2D eigenvalue weighted by molar-refractivity contribution is -0.164. The summed E-state index contributed by atoms with van der Waals surface area (Å²) in [4.78, 5) is 62.6. The van der Waals surface area contributed by atoms with Crippen LogP contribution in [0.3, 0.4) is 0 Å². The molecule has 4 aliphatic heterocycles. The Balaban J connectivity index is 1.47. The van der Waals surface area contributed by atoms with Crippen molar-refractivity contribution in [1.82, 2.24) is 14.7 Å². The van der Waals surface area contributed by atoms with E-state index in [1.165, 1.54) is 4.90 Å². The molecular formula is C39H46BrN3O7. The Morgan fingerprint density at radius 1 is 0.980 bits per heavy atom. The number of unbranched alkanes of at least 4 members (excludes halogenated alkanes) is 1. The molecule has 2 aromatic carbocycles. The van der Waals surface area contributed by atoms with Gasteiger partial charge in [0.15, 0.2) is 0 Å². The molecule has 11 heteroatoms. The number of aliphatic hydroxyl groups is 1. The van der Waals surface area contributed by atoms with E-state index in [2.05, 4.69) is 15.9 Å². The van der Waals surface area contributed by atoms with E-state index < -0.39 is 59.6 Å². The van der Waals surface area contributed by atoms with Crippen molar-refractivity contribution in [2.45, 2.75) is 81.9 Å². The van der Waals surface area contributed by atoms with Crippen LogP contribution < -0.4 is 0 Å². The van der Waals surface area contributed by atoms with E-state index in [0.29, 0.717) is 29.4 Å². The molecule has 1 spiro atoms. The molecule has 0 radical (unpaired) electrons. The molecule has 0 aromatic heterocycles. The van der Waals surface area contributed by atoms with Crippen LogP contribution in [0, 0.1) is 11.8 Å². The van der Waals surface area contributed by atoms with Crippen LogP contribution in [-0.4, -0.2) is 100 Å². The highest BCUT2D eigenvalue weighted by Crippen LogP contribution is 2.59. The van der Waals surface area contributed by atoms with Gasteiger partial charge in [-0.2, -0.15) is 0 Å². The number of aliphatic hydroxyl groups excluding tert-OH is 1.